The maximum Gasteiger partial charge on any atom is 0.235 e. The average molecular weight is 523 g/mol. The van der Waals surface area contributed by atoms with Crippen LogP contribution in [0, 0.1) is 22.7 Å². The van der Waals surface area contributed by atoms with E-state index in [0.717, 1.165) is 41.0 Å². The molecule has 5 nitrogen and oxygen atoms in total. The number of aromatic nitrogens is 1. The Hall–Kier alpha value is -2.66. The van der Waals surface area contributed by atoms with Gasteiger partial charge in [-0.15, -0.1) is 23.1 Å². The van der Waals surface area contributed by atoms with Crippen LogP contribution >= 0.6 is 34.7 Å². The second-order valence-corrected chi connectivity index (χ2v) is 12.1. The SMILES string of the molecule is CC(C)(C)C1CCc2c(sc(NC(=O)CSc3ccc(N=Cc4cccnc4Cl)cc3)c2C#N)C1. The third kappa shape index (κ3) is 6.32. The molecule has 1 aliphatic rings. The van der Waals surface area contributed by atoms with Gasteiger partial charge in [0.1, 0.15) is 16.2 Å². The number of anilines is 1. The number of carbonyl (C=O) groups is 1. The smallest absolute Gasteiger partial charge is 0.235 e. The van der Waals surface area contributed by atoms with Gasteiger partial charge < -0.3 is 5.32 Å². The number of aliphatic imine (C=N–C) groups is 1. The molecule has 0 saturated carbocycles. The summed E-state index contributed by atoms with van der Waals surface area (Å²) in [5.74, 6) is 0.755. The van der Waals surface area contributed by atoms with Gasteiger partial charge in [0.25, 0.3) is 0 Å². The number of halogens is 1. The molecule has 0 aliphatic heterocycles. The van der Waals surface area contributed by atoms with Crippen molar-refractivity contribution in [2.45, 2.75) is 44.9 Å². The summed E-state index contributed by atoms with van der Waals surface area (Å²) < 4.78 is 0. The lowest BCUT2D eigenvalue weighted by Gasteiger charge is -2.33. The first-order valence-electron chi connectivity index (χ1n) is 11.5. The number of thioether (sulfide) groups is 1. The van der Waals surface area contributed by atoms with Crippen molar-refractivity contribution in [3.05, 3.63) is 69.3 Å². The molecule has 0 saturated heterocycles. The van der Waals surface area contributed by atoms with E-state index in [-0.39, 0.29) is 17.1 Å². The molecule has 180 valence electrons. The van der Waals surface area contributed by atoms with Crippen molar-refractivity contribution in [3.8, 4) is 6.07 Å². The molecule has 35 heavy (non-hydrogen) atoms. The van der Waals surface area contributed by atoms with E-state index in [1.165, 1.54) is 16.6 Å². The number of benzene rings is 1. The number of pyridine rings is 1. The average Bonchev–Trinajstić information content (AvgIpc) is 3.18. The summed E-state index contributed by atoms with van der Waals surface area (Å²) in [4.78, 5) is 23.4. The van der Waals surface area contributed by atoms with Crippen molar-refractivity contribution in [1.82, 2.24) is 4.98 Å². The highest BCUT2D eigenvalue weighted by Gasteiger charge is 2.32. The van der Waals surface area contributed by atoms with Crippen molar-refractivity contribution in [3.63, 3.8) is 0 Å². The number of thiophene rings is 1. The van der Waals surface area contributed by atoms with Crippen LogP contribution < -0.4 is 5.32 Å². The number of rotatable bonds is 6. The fourth-order valence-corrected chi connectivity index (χ4v) is 6.27. The Morgan fingerprint density at radius 3 is 2.80 bits per heavy atom. The van der Waals surface area contributed by atoms with Crippen LogP contribution in [0.3, 0.4) is 0 Å². The number of fused-ring (bicyclic) bond motifs is 1. The molecule has 1 aromatic carbocycles. The number of nitrogens with one attached hydrogen (secondary N) is 1. The van der Waals surface area contributed by atoms with Gasteiger partial charge in [-0.2, -0.15) is 5.26 Å². The third-order valence-electron chi connectivity index (χ3n) is 6.20. The minimum Gasteiger partial charge on any atom is -0.316 e. The van der Waals surface area contributed by atoms with Crippen LogP contribution in [-0.4, -0.2) is 22.9 Å². The molecule has 1 aliphatic carbocycles. The molecule has 1 N–H and O–H groups in total. The molecule has 4 rings (SSSR count). The lowest BCUT2D eigenvalue weighted by molar-refractivity contribution is -0.113. The van der Waals surface area contributed by atoms with E-state index in [1.54, 1.807) is 23.7 Å². The Morgan fingerprint density at radius 2 is 2.11 bits per heavy atom. The van der Waals surface area contributed by atoms with E-state index in [0.29, 0.717) is 21.6 Å². The number of nitrogens with zero attached hydrogens (tertiary/aromatic N) is 3. The zero-order valence-electron chi connectivity index (χ0n) is 20.0. The molecule has 1 amide bonds. The van der Waals surface area contributed by atoms with Gasteiger partial charge in [-0.1, -0.05) is 32.4 Å². The van der Waals surface area contributed by atoms with Gasteiger partial charge in [-0.05, 0) is 72.6 Å². The molecule has 1 unspecified atom stereocenters. The zero-order chi connectivity index (χ0) is 25.0. The third-order valence-corrected chi connectivity index (χ3v) is 8.70. The van der Waals surface area contributed by atoms with E-state index >= 15 is 0 Å². The first kappa shape index (κ1) is 25.4. The van der Waals surface area contributed by atoms with Crippen LogP contribution in [0.25, 0.3) is 0 Å². The van der Waals surface area contributed by atoms with E-state index in [1.807, 2.05) is 36.4 Å². The number of carbonyl (C=O) groups excluding carboxylic acids is 1. The predicted octanol–water partition coefficient (Wildman–Crippen LogP) is 7.30. The minimum atomic E-state index is -0.106. The topological polar surface area (TPSA) is 78.1 Å². The van der Waals surface area contributed by atoms with Crippen LogP contribution in [0.4, 0.5) is 10.7 Å². The minimum absolute atomic E-state index is 0.106. The molecule has 8 heteroatoms. The Morgan fingerprint density at radius 1 is 1.34 bits per heavy atom. The molecule has 0 radical (unpaired) electrons. The Labute approximate surface area is 219 Å². The maximum absolute atomic E-state index is 12.7. The normalized spacial score (nSPS) is 15.6. The largest absolute Gasteiger partial charge is 0.316 e. The number of hydrogen-bond donors (Lipinski definition) is 1. The predicted molar refractivity (Wildman–Crippen MR) is 146 cm³/mol. The van der Waals surface area contributed by atoms with Crippen molar-refractivity contribution < 1.29 is 4.79 Å². The fourth-order valence-electron chi connectivity index (χ4n) is 4.11. The van der Waals surface area contributed by atoms with Crippen molar-refractivity contribution >= 4 is 57.5 Å². The Kier molecular flexibility index (Phi) is 7.95. The zero-order valence-corrected chi connectivity index (χ0v) is 22.4. The maximum atomic E-state index is 12.7. The second-order valence-electron chi connectivity index (χ2n) is 9.60. The second kappa shape index (κ2) is 10.9. The summed E-state index contributed by atoms with van der Waals surface area (Å²) >= 11 is 9.08. The van der Waals surface area contributed by atoms with E-state index < -0.39 is 0 Å². The highest BCUT2D eigenvalue weighted by atomic mass is 35.5. The van der Waals surface area contributed by atoms with Gasteiger partial charge in [0.05, 0.1) is 17.0 Å². The standard InChI is InChI=1S/C27H27ClN4OS2/c1-27(2,3)18-6-11-21-22(14-29)26(35-23(21)13-18)32-24(33)16-34-20-9-7-19(8-10-20)31-15-17-5-4-12-30-25(17)28/h4-5,7-10,12,15,18H,6,11,13,16H2,1-3H3,(H,32,33). The highest BCUT2D eigenvalue weighted by molar-refractivity contribution is 8.00. The van der Waals surface area contributed by atoms with Crippen LogP contribution in [0.15, 0.2) is 52.5 Å². The summed E-state index contributed by atoms with van der Waals surface area (Å²) in [6, 6.07) is 13.7. The number of amides is 1. The van der Waals surface area contributed by atoms with Gasteiger partial charge in [-0.25, -0.2) is 4.98 Å². The molecule has 0 fully saturated rings. The lowest BCUT2D eigenvalue weighted by atomic mass is 9.72. The quantitative estimate of drug-likeness (QED) is 0.209. The molecule has 3 aromatic rings. The molecular formula is C27H27ClN4OS2. The first-order valence-corrected chi connectivity index (χ1v) is 13.6. The Bertz CT molecular complexity index is 1290. The van der Waals surface area contributed by atoms with E-state index in [9.17, 15) is 10.1 Å². The lowest BCUT2D eigenvalue weighted by Crippen LogP contribution is -2.26. The van der Waals surface area contributed by atoms with E-state index in [4.69, 9.17) is 11.6 Å². The van der Waals surface area contributed by atoms with Gasteiger partial charge in [0.2, 0.25) is 5.91 Å². The molecule has 2 aromatic heterocycles. The molecule has 0 bridgehead atoms. The number of nitriles is 1. The van der Waals surface area contributed by atoms with Crippen LogP contribution in [-0.2, 0) is 17.6 Å². The molecule has 2 heterocycles. The monoisotopic (exact) mass is 522 g/mol. The molecular weight excluding hydrogens is 496 g/mol. The van der Waals surface area contributed by atoms with E-state index in [2.05, 4.69) is 42.1 Å². The summed E-state index contributed by atoms with van der Waals surface area (Å²) in [6.07, 6.45) is 6.29. The summed E-state index contributed by atoms with van der Waals surface area (Å²) in [6.45, 7) is 6.82. The van der Waals surface area contributed by atoms with Crippen molar-refractivity contribution in [2.75, 3.05) is 11.1 Å². The first-order chi connectivity index (χ1) is 16.7. The summed E-state index contributed by atoms with van der Waals surface area (Å²) in [5, 5.41) is 13.8. The summed E-state index contributed by atoms with van der Waals surface area (Å²) in [7, 11) is 0. The van der Waals surface area contributed by atoms with Crippen molar-refractivity contribution in [1.29, 1.82) is 5.26 Å². The highest BCUT2D eigenvalue weighted by Crippen LogP contribution is 2.44. The van der Waals surface area contributed by atoms with Gasteiger partial charge >= 0.3 is 0 Å². The molecule has 1 atom stereocenters. The fraction of sp³-hybridized carbons (Fsp3) is 0.333. The van der Waals surface area contributed by atoms with Crippen LogP contribution in [0.1, 0.15) is 48.8 Å². The van der Waals surface area contributed by atoms with Gasteiger partial charge in [-0.3, -0.25) is 9.79 Å². The van der Waals surface area contributed by atoms with Gasteiger partial charge in [0, 0.05) is 27.7 Å². The van der Waals surface area contributed by atoms with Gasteiger partial charge in [0.15, 0.2) is 0 Å². The summed E-state index contributed by atoms with van der Waals surface area (Å²) in [5.41, 5.74) is 3.55. The van der Waals surface area contributed by atoms with Crippen LogP contribution in [0.2, 0.25) is 5.15 Å². The van der Waals surface area contributed by atoms with Crippen molar-refractivity contribution in [2.24, 2.45) is 16.3 Å². The number of hydrogen-bond acceptors (Lipinski definition) is 6. The van der Waals surface area contributed by atoms with Crippen LogP contribution in [0.5, 0.6) is 0 Å². The molecule has 0 spiro atoms. The Balaban J connectivity index is 1.35.